The van der Waals surface area contributed by atoms with Crippen molar-refractivity contribution >= 4 is 49.3 Å². The zero-order chi connectivity index (χ0) is 12.9. The van der Waals surface area contributed by atoms with Gasteiger partial charge in [0.1, 0.15) is 5.25 Å². The van der Waals surface area contributed by atoms with Gasteiger partial charge in [0.05, 0.1) is 28.0 Å². The minimum Gasteiger partial charge on any atom is -0.481 e. The van der Waals surface area contributed by atoms with Gasteiger partial charge in [-0.05, 0) is 6.92 Å². The fraction of sp³-hybridized carbons (Fsp3) is 0.571. The molecule has 0 saturated heterocycles. The van der Waals surface area contributed by atoms with Gasteiger partial charge in [0.15, 0.2) is 3.53 Å². The molecule has 9 heteroatoms. The first kappa shape index (κ1) is 15.3. The minimum atomic E-state index is -2.05. The highest BCUT2D eigenvalue weighted by atomic mass is 32.3. The van der Waals surface area contributed by atoms with Crippen LogP contribution in [0.2, 0.25) is 0 Å². The molecule has 3 atom stereocenters. The van der Waals surface area contributed by atoms with E-state index >= 15 is 0 Å². The summed E-state index contributed by atoms with van der Waals surface area (Å²) in [6.45, 7) is 1.18. The summed E-state index contributed by atoms with van der Waals surface area (Å²) < 4.78 is 22.3. The van der Waals surface area contributed by atoms with Crippen LogP contribution >= 0.6 is 12.2 Å². The van der Waals surface area contributed by atoms with E-state index in [-0.39, 0.29) is 12.2 Å². The van der Waals surface area contributed by atoms with Crippen LogP contribution in [0.5, 0.6) is 0 Å². The summed E-state index contributed by atoms with van der Waals surface area (Å²) >= 11 is 4.59. The molecule has 92 valence electrons. The van der Waals surface area contributed by atoms with E-state index in [1.165, 1.54) is 6.92 Å². The van der Waals surface area contributed by atoms with Gasteiger partial charge in [-0.2, -0.15) is 0 Å². The summed E-state index contributed by atoms with van der Waals surface area (Å²) in [5, 5.41) is 15.6. The number of carbonyl (C=O) groups is 2. The van der Waals surface area contributed by atoms with Gasteiger partial charge in [-0.25, -0.2) is 0 Å². The van der Waals surface area contributed by atoms with Gasteiger partial charge in [-0.15, -0.1) is 0 Å². The van der Waals surface area contributed by atoms with Crippen molar-refractivity contribution in [3.63, 3.8) is 0 Å². The van der Waals surface area contributed by atoms with Crippen LogP contribution in [0.3, 0.4) is 0 Å². The number of carboxylic acids is 2. The van der Waals surface area contributed by atoms with Crippen LogP contribution in [0, 0.1) is 0 Å². The maximum Gasteiger partial charge on any atom is 0.319 e. The predicted octanol–water partition coefficient (Wildman–Crippen LogP) is -0.284. The third-order valence-electron chi connectivity index (χ3n) is 1.52. The van der Waals surface area contributed by atoms with Crippen molar-refractivity contribution in [1.29, 1.82) is 0 Å². The highest BCUT2D eigenvalue weighted by Gasteiger charge is 2.26. The molecule has 16 heavy (non-hydrogen) atoms. The first-order valence-corrected chi connectivity index (χ1v) is 6.99. The van der Waals surface area contributed by atoms with E-state index in [0.717, 1.165) is 0 Å². The van der Waals surface area contributed by atoms with Gasteiger partial charge in [-0.1, -0.05) is 12.2 Å². The van der Waals surface area contributed by atoms with Gasteiger partial charge in [0, 0.05) is 5.75 Å². The lowest BCUT2D eigenvalue weighted by molar-refractivity contribution is -0.137. The molecule has 0 aliphatic carbocycles. The van der Waals surface area contributed by atoms with Crippen molar-refractivity contribution in [3.8, 4) is 0 Å². The Kier molecular flexibility index (Phi) is 6.53. The molecule has 0 amide bonds. The van der Waals surface area contributed by atoms with Gasteiger partial charge in [0.2, 0.25) is 0 Å². The van der Waals surface area contributed by atoms with Crippen LogP contribution in [-0.4, -0.2) is 45.1 Å². The molecule has 0 fully saturated rings. The molecule has 0 heterocycles. The van der Waals surface area contributed by atoms with E-state index in [9.17, 15) is 18.0 Å². The third-order valence-corrected chi connectivity index (χ3v) is 5.74. The van der Waals surface area contributed by atoms with Crippen LogP contribution < -0.4 is 0 Å². The molecular weight excluding hydrogens is 276 g/mol. The summed E-state index contributed by atoms with van der Waals surface area (Å²) in [5.74, 6) is -2.71. The largest absolute Gasteiger partial charge is 0.481 e. The normalized spacial score (nSPS) is 16.1. The van der Waals surface area contributed by atoms with E-state index < -0.39 is 42.3 Å². The summed E-state index contributed by atoms with van der Waals surface area (Å²) in [4.78, 5) is 20.7. The Morgan fingerprint density at radius 2 is 1.81 bits per heavy atom. The lowest BCUT2D eigenvalue weighted by Gasteiger charge is -2.06. The molecule has 2 N–H and O–H groups in total. The molecule has 0 aromatic rings. The lowest BCUT2D eigenvalue weighted by atomic mass is 10.5. The minimum absolute atomic E-state index is 0.258. The molecule has 0 aliphatic rings. The molecule has 0 aromatic carbocycles. The zero-order valence-corrected chi connectivity index (χ0v) is 10.7. The molecule has 3 unspecified atom stereocenters. The summed E-state index contributed by atoms with van der Waals surface area (Å²) in [7, 11) is -3.91. The molecule has 6 nitrogen and oxygen atoms in total. The van der Waals surface area contributed by atoms with E-state index in [2.05, 4.69) is 12.2 Å². The maximum absolute atomic E-state index is 11.4. The average Bonchev–Trinajstić information content (AvgIpc) is 2.22. The molecule has 0 saturated carbocycles. The fourth-order valence-corrected chi connectivity index (χ4v) is 3.69. The molecule has 0 aromatic heterocycles. The molecule has 0 bridgehead atoms. The van der Waals surface area contributed by atoms with Crippen LogP contribution in [-0.2, 0) is 31.2 Å². The van der Waals surface area contributed by atoms with Crippen molar-refractivity contribution < 1.29 is 28.2 Å². The Labute approximate surface area is 102 Å². The highest BCUT2D eigenvalue weighted by Crippen LogP contribution is 2.04. The SMILES string of the molecule is CC(C(=O)O)S(=O)C(=S)S(=O)CCC(=O)O. The van der Waals surface area contributed by atoms with Crippen LogP contribution in [0.25, 0.3) is 0 Å². The monoisotopic (exact) mass is 286 g/mol. The van der Waals surface area contributed by atoms with Gasteiger partial charge >= 0.3 is 11.9 Å². The molecule has 0 radical (unpaired) electrons. The second-order valence-corrected chi connectivity index (χ2v) is 7.12. The molecule has 0 spiro atoms. The fourth-order valence-electron chi connectivity index (χ4n) is 0.591. The number of hydrogen-bond acceptors (Lipinski definition) is 5. The summed E-state index contributed by atoms with van der Waals surface area (Å²) in [6.07, 6.45) is -0.370. The Hall–Kier alpha value is -0.670. The van der Waals surface area contributed by atoms with E-state index in [1.54, 1.807) is 0 Å². The van der Waals surface area contributed by atoms with Crippen molar-refractivity contribution in [1.82, 2.24) is 0 Å². The molecular formula is C7H10O6S3. The number of rotatable bonds is 5. The van der Waals surface area contributed by atoms with Crippen molar-refractivity contribution in [3.05, 3.63) is 0 Å². The number of thiocarbonyl (C=S) groups is 1. The van der Waals surface area contributed by atoms with Crippen molar-refractivity contribution in [2.24, 2.45) is 0 Å². The first-order chi connectivity index (χ1) is 7.27. The summed E-state index contributed by atoms with van der Waals surface area (Å²) in [5.41, 5.74) is 0. The van der Waals surface area contributed by atoms with E-state index in [0.29, 0.717) is 0 Å². The topological polar surface area (TPSA) is 109 Å². The van der Waals surface area contributed by atoms with E-state index in [4.69, 9.17) is 10.2 Å². The number of aliphatic carboxylic acids is 2. The van der Waals surface area contributed by atoms with Crippen LogP contribution in [0.4, 0.5) is 0 Å². The van der Waals surface area contributed by atoms with Crippen molar-refractivity contribution in [2.75, 3.05) is 5.75 Å². The standard InChI is InChI=1S/C7H10O6S3/c1-4(6(10)11)16(13)7(14)15(12)3-2-5(8)9/h4H,2-3H2,1H3,(H,8,9)(H,10,11). The highest BCUT2D eigenvalue weighted by molar-refractivity contribution is 8.36. The van der Waals surface area contributed by atoms with Crippen LogP contribution in [0.1, 0.15) is 13.3 Å². The predicted molar refractivity (Wildman–Crippen MR) is 63.1 cm³/mol. The summed E-state index contributed by atoms with van der Waals surface area (Å²) in [6, 6.07) is 0. The average molecular weight is 286 g/mol. The first-order valence-electron chi connectivity index (χ1n) is 4.05. The maximum atomic E-state index is 11.4. The van der Waals surface area contributed by atoms with Gasteiger partial charge in [0.25, 0.3) is 0 Å². The molecule has 0 aliphatic heterocycles. The second kappa shape index (κ2) is 6.81. The van der Waals surface area contributed by atoms with Gasteiger partial charge in [-0.3, -0.25) is 18.0 Å². The smallest absolute Gasteiger partial charge is 0.319 e. The zero-order valence-electron chi connectivity index (χ0n) is 8.24. The Bertz CT molecular complexity index is 363. The molecule has 0 rings (SSSR count). The Balaban J connectivity index is 4.45. The Morgan fingerprint density at radius 1 is 1.31 bits per heavy atom. The Morgan fingerprint density at radius 3 is 2.19 bits per heavy atom. The van der Waals surface area contributed by atoms with Crippen LogP contribution in [0.15, 0.2) is 0 Å². The van der Waals surface area contributed by atoms with Crippen molar-refractivity contribution in [2.45, 2.75) is 18.6 Å². The number of hydrogen-bond donors (Lipinski definition) is 2. The third kappa shape index (κ3) is 4.90. The number of carboxylic acid groups (broad SMARTS) is 2. The quantitative estimate of drug-likeness (QED) is 0.669. The van der Waals surface area contributed by atoms with Gasteiger partial charge < -0.3 is 10.2 Å². The van der Waals surface area contributed by atoms with E-state index in [1.807, 2.05) is 0 Å². The lowest BCUT2D eigenvalue weighted by Crippen LogP contribution is -2.29. The second-order valence-electron chi connectivity index (χ2n) is 2.72.